The maximum Gasteiger partial charge on any atom is 0.124 e. The molecule has 0 N–H and O–H groups in total. The zero-order valence-electron chi connectivity index (χ0n) is 9.11. The van der Waals surface area contributed by atoms with E-state index in [1.165, 1.54) is 6.07 Å². The van der Waals surface area contributed by atoms with Crippen molar-refractivity contribution in [1.82, 2.24) is 0 Å². The largest absolute Gasteiger partial charge is 0.370 e. The highest BCUT2D eigenvalue weighted by Gasteiger charge is 2.23. The van der Waals surface area contributed by atoms with Gasteiger partial charge in [0.15, 0.2) is 0 Å². The van der Waals surface area contributed by atoms with Gasteiger partial charge in [0.1, 0.15) is 5.82 Å². The summed E-state index contributed by atoms with van der Waals surface area (Å²) in [5.41, 5.74) is 1.07. The van der Waals surface area contributed by atoms with Gasteiger partial charge in [-0.25, -0.2) is 4.39 Å². The van der Waals surface area contributed by atoms with Crippen LogP contribution in [0.15, 0.2) is 23.1 Å². The lowest BCUT2D eigenvalue weighted by Gasteiger charge is -2.35. The number of thioether (sulfide) groups is 1. The van der Waals surface area contributed by atoms with Crippen LogP contribution in [-0.2, 0) is 0 Å². The lowest BCUT2D eigenvalue weighted by Crippen LogP contribution is -2.36. The third kappa shape index (κ3) is 2.14. The molecule has 0 aromatic heterocycles. The topological polar surface area (TPSA) is 27.0 Å². The van der Waals surface area contributed by atoms with Gasteiger partial charge in [0.05, 0.1) is 11.8 Å². The summed E-state index contributed by atoms with van der Waals surface area (Å²) in [6.07, 6.45) is 1.45. The SMILES string of the molecule is CN1c2ccc(F)cc2SCC1CCC#N. The summed E-state index contributed by atoms with van der Waals surface area (Å²) in [4.78, 5) is 3.15. The van der Waals surface area contributed by atoms with Gasteiger partial charge in [0.2, 0.25) is 0 Å². The fourth-order valence-corrected chi connectivity index (χ4v) is 3.22. The quantitative estimate of drug-likeness (QED) is 0.789. The predicted molar refractivity (Wildman–Crippen MR) is 64.2 cm³/mol. The molecule has 16 heavy (non-hydrogen) atoms. The van der Waals surface area contributed by atoms with Gasteiger partial charge in [0, 0.05) is 30.2 Å². The van der Waals surface area contributed by atoms with E-state index in [0.717, 1.165) is 22.8 Å². The maximum absolute atomic E-state index is 13.0. The zero-order chi connectivity index (χ0) is 11.5. The highest BCUT2D eigenvalue weighted by molar-refractivity contribution is 7.99. The lowest BCUT2D eigenvalue weighted by atomic mass is 10.1. The first-order chi connectivity index (χ1) is 7.72. The molecule has 0 saturated heterocycles. The van der Waals surface area contributed by atoms with E-state index in [9.17, 15) is 4.39 Å². The molecule has 1 aromatic rings. The number of anilines is 1. The van der Waals surface area contributed by atoms with Crippen molar-refractivity contribution in [1.29, 1.82) is 5.26 Å². The van der Waals surface area contributed by atoms with Crippen LogP contribution in [0.2, 0.25) is 0 Å². The van der Waals surface area contributed by atoms with E-state index in [1.807, 2.05) is 13.1 Å². The molecule has 0 bridgehead atoms. The summed E-state index contributed by atoms with van der Waals surface area (Å²) in [7, 11) is 2.01. The Kier molecular flexibility index (Phi) is 3.35. The Balaban J connectivity index is 2.19. The predicted octanol–water partition coefficient (Wildman–Crippen LogP) is 3.04. The highest BCUT2D eigenvalue weighted by atomic mass is 32.2. The maximum atomic E-state index is 13.0. The van der Waals surface area contributed by atoms with E-state index >= 15 is 0 Å². The molecule has 1 heterocycles. The molecule has 0 radical (unpaired) electrons. The molecule has 1 unspecified atom stereocenters. The number of rotatable bonds is 2. The minimum Gasteiger partial charge on any atom is -0.370 e. The van der Waals surface area contributed by atoms with Crippen LogP contribution >= 0.6 is 11.8 Å². The van der Waals surface area contributed by atoms with Crippen molar-refractivity contribution in [3.63, 3.8) is 0 Å². The lowest BCUT2D eigenvalue weighted by molar-refractivity contribution is 0.613. The first-order valence-electron chi connectivity index (χ1n) is 5.24. The molecule has 1 atom stereocenters. The first kappa shape index (κ1) is 11.3. The summed E-state index contributed by atoms with van der Waals surface area (Å²) in [6, 6.07) is 7.43. The smallest absolute Gasteiger partial charge is 0.124 e. The highest BCUT2D eigenvalue weighted by Crippen LogP contribution is 2.37. The van der Waals surface area contributed by atoms with Gasteiger partial charge in [-0.15, -0.1) is 11.8 Å². The second kappa shape index (κ2) is 4.75. The van der Waals surface area contributed by atoms with Crippen molar-refractivity contribution < 1.29 is 4.39 Å². The van der Waals surface area contributed by atoms with Crippen molar-refractivity contribution in [2.24, 2.45) is 0 Å². The molecule has 4 heteroatoms. The fraction of sp³-hybridized carbons (Fsp3) is 0.417. The molecular weight excluding hydrogens is 223 g/mol. The van der Waals surface area contributed by atoms with E-state index in [4.69, 9.17) is 5.26 Å². The van der Waals surface area contributed by atoms with Gasteiger partial charge in [-0.2, -0.15) is 5.26 Å². The van der Waals surface area contributed by atoms with Crippen molar-refractivity contribution >= 4 is 17.4 Å². The molecule has 1 aromatic carbocycles. The van der Waals surface area contributed by atoms with Crippen LogP contribution in [0, 0.1) is 17.1 Å². The van der Waals surface area contributed by atoms with Crippen LogP contribution in [0.4, 0.5) is 10.1 Å². The number of benzene rings is 1. The summed E-state index contributed by atoms with van der Waals surface area (Å²) >= 11 is 1.67. The molecule has 2 nitrogen and oxygen atoms in total. The molecule has 0 saturated carbocycles. The van der Waals surface area contributed by atoms with Crippen LogP contribution in [-0.4, -0.2) is 18.8 Å². The van der Waals surface area contributed by atoms with Crippen molar-refractivity contribution in [3.8, 4) is 6.07 Å². The van der Waals surface area contributed by atoms with Crippen LogP contribution in [0.5, 0.6) is 0 Å². The standard InChI is InChI=1S/C12H13FN2S/c1-15-10(3-2-6-14)8-16-12-7-9(13)4-5-11(12)15/h4-5,7,10H,2-3,8H2,1H3. The van der Waals surface area contributed by atoms with E-state index in [-0.39, 0.29) is 5.82 Å². The number of fused-ring (bicyclic) bond motifs is 1. The Hall–Kier alpha value is -1.21. The van der Waals surface area contributed by atoms with Gasteiger partial charge in [0.25, 0.3) is 0 Å². The number of hydrogen-bond donors (Lipinski definition) is 0. The number of nitriles is 1. The van der Waals surface area contributed by atoms with E-state index in [0.29, 0.717) is 12.5 Å². The molecule has 2 rings (SSSR count). The number of nitrogens with zero attached hydrogens (tertiary/aromatic N) is 2. The Labute approximate surface area is 99.1 Å². The zero-order valence-corrected chi connectivity index (χ0v) is 9.93. The Bertz CT molecular complexity index is 428. The summed E-state index contributed by atoms with van der Waals surface area (Å²) < 4.78 is 13.0. The molecule has 0 spiro atoms. The normalized spacial score (nSPS) is 19.1. The second-order valence-corrected chi connectivity index (χ2v) is 4.95. The molecule has 0 fully saturated rings. The minimum atomic E-state index is -0.185. The van der Waals surface area contributed by atoms with Crippen molar-refractivity contribution in [3.05, 3.63) is 24.0 Å². The van der Waals surface area contributed by atoms with Crippen LogP contribution in [0.1, 0.15) is 12.8 Å². The van der Waals surface area contributed by atoms with E-state index < -0.39 is 0 Å². The molecule has 0 amide bonds. The Morgan fingerprint density at radius 3 is 3.19 bits per heavy atom. The third-order valence-corrected chi connectivity index (χ3v) is 4.06. The monoisotopic (exact) mass is 236 g/mol. The average molecular weight is 236 g/mol. The number of hydrogen-bond acceptors (Lipinski definition) is 3. The van der Waals surface area contributed by atoms with Gasteiger partial charge < -0.3 is 4.90 Å². The summed E-state index contributed by atoms with van der Waals surface area (Å²) in [5.74, 6) is 0.740. The molecule has 1 aliphatic rings. The van der Waals surface area contributed by atoms with Crippen molar-refractivity contribution in [2.75, 3.05) is 17.7 Å². The van der Waals surface area contributed by atoms with Crippen LogP contribution < -0.4 is 4.90 Å². The first-order valence-corrected chi connectivity index (χ1v) is 6.23. The van der Waals surface area contributed by atoms with Gasteiger partial charge >= 0.3 is 0 Å². The minimum absolute atomic E-state index is 0.185. The van der Waals surface area contributed by atoms with Gasteiger partial charge in [-0.3, -0.25) is 0 Å². The number of halogens is 1. The Morgan fingerprint density at radius 2 is 2.44 bits per heavy atom. The molecule has 84 valence electrons. The summed E-state index contributed by atoms with van der Waals surface area (Å²) in [5, 5.41) is 8.59. The average Bonchev–Trinajstić information content (AvgIpc) is 2.28. The Morgan fingerprint density at radius 1 is 1.62 bits per heavy atom. The molecule has 0 aliphatic carbocycles. The molecular formula is C12H13FN2S. The fourth-order valence-electron chi connectivity index (χ4n) is 1.90. The third-order valence-electron chi connectivity index (χ3n) is 2.87. The second-order valence-electron chi connectivity index (χ2n) is 3.88. The van der Waals surface area contributed by atoms with Crippen molar-refractivity contribution in [2.45, 2.75) is 23.8 Å². The molecule has 1 aliphatic heterocycles. The van der Waals surface area contributed by atoms with Gasteiger partial charge in [-0.1, -0.05) is 0 Å². The van der Waals surface area contributed by atoms with E-state index in [2.05, 4.69) is 11.0 Å². The van der Waals surface area contributed by atoms with Crippen LogP contribution in [0.25, 0.3) is 0 Å². The van der Waals surface area contributed by atoms with Crippen LogP contribution in [0.3, 0.4) is 0 Å². The van der Waals surface area contributed by atoms with Gasteiger partial charge in [-0.05, 0) is 24.6 Å². The summed E-state index contributed by atoms with van der Waals surface area (Å²) in [6.45, 7) is 0. The van der Waals surface area contributed by atoms with E-state index in [1.54, 1.807) is 17.8 Å².